The summed E-state index contributed by atoms with van der Waals surface area (Å²) in [5.74, 6) is 0.362. The lowest BCUT2D eigenvalue weighted by molar-refractivity contribution is -0.153. The highest BCUT2D eigenvalue weighted by Gasteiger charge is 2.52. The number of aromatic hydroxyl groups is 1. The van der Waals surface area contributed by atoms with Gasteiger partial charge < -0.3 is 10.2 Å². The molecular weight excluding hydrogens is 377 g/mol. The van der Waals surface area contributed by atoms with E-state index >= 15 is 0 Å². The molecule has 0 bridgehead atoms. The second kappa shape index (κ2) is 7.35. The third kappa shape index (κ3) is 4.16. The van der Waals surface area contributed by atoms with Crippen LogP contribution in [0.5, 0.6) is 5.75 Å². The van der Waals surface area contributed by atoms with Gasteiger partial charge >= 0.3 is 6.18 Å². The van der Waals surface area contributed by atoms with Gasteiger partial charge in [0.2, 0.25) is 0 Å². The Kier molecular flexibility index (Phi) is 5.14. The molecule has 0 aromatic heterocycles. The number of phenols is 1. The van der Waals surface area contributed by atoms with E-state index in [1.807, 2.05) is 30.3 Å². The van der Waals surface area contributed by atoms with Gasteiger partial charge in [-0.3, -0.25) is 0 Å². The average Bonchev–Trinajstić information content (AvgIpc) is 2.67. The lowest BCUT2D eigenvalue weighted by Crippen LogP contribution is -2.51. The number of hydrogen-bond donors (Lipinski definition) is 2. The van der Waals surface area contributed by atoms with Crippen molar-refractivity contribution in [3.05, 3.63) is 65.2 Å². The van der Waals surface area contributed by atoms with Crippen molar-refractivity contribution in [2.24, 2.45) is 5.92 Å². The lowest BCUT2D eigenvalue weighted by atomic mass is 9.52. The van der Waals surface area contributed by atoms with Gasteiger partial charge in [-0.1, -0.05) is 36.4 Å². The van der Waals surface area contributed by atoms with E-state index in [-0.39, 0.29) is 23.5 Å². The lowest BCUT2D eigenvalue weighted by Gasteiger charge is -2.53. The fraction of sp³-hybridized carbons (Fsp3) is 0.500. The van der Waals surface area contributed by atoms with Crippen molar-refractivity contribution in [1.29, 1.82) is 0 Å². The van der Waals surface area contributed by atoms with Crippen molar-refractivity contribution in [2.75, 3.05) is 0 Å². The summed E-state index contributed by atoms with van der Waals surface area (Å²) >= 11 is 0. The zero-order chi connectivity index (χ0) is 20.7. The molecule has 5 heteroatoms. The number of halogens is 3. The minimum atomic E-state index is -4.25. The minimum absolute atomic E-state index is 0.117. The molecule has 2 aliphatic rings. The average molecular weight is 404 g/mol. The summed E-state index contributed by atoms with van der Waals surface area (Å²) < 4.78 is 38.3. The normalized spacial score (nSPS) is 29.2. The molecule has 0 radical (unpaired) electrons. The van der Waals surface area contributed by atoms with Crippen LogP contribution in [0.1, 0.15) is 55.2 Å². The van der Waals surface area contributed by atoms with Crippen molar-refractivity contribution >= 4 is 0 Å². The van der Waals surface area contributed by atoms with E-state index in [0.717, 1.165) is 24.8 Å². The Labute approximate surface area is 169 Å². The first-order valence-corrected chi connectivity index (χ1v) is 10.3. The molecule has 3 atom stereocenters. The van der Waals surface area contributed by atoms with Crippen LogP contribution in [0.15, 0.2) is 48.5 Å². The maximum absolute atomic E-state index is 12.8. The standard InChI is InChI=1S/C24H27F3O2/c25-24(26,27)13-11-22(29)10-12-23(15-17-4-2-1-3-5-17)19(16-22)7-6-18-14-20(28)8-9-21(18)23/h1-5,8-9,14,19,28-29H,6-7,10-13,15-16H2/t19?,22-,23-/m0/s1. The van der Waals surface area contributed by atoms with Crippen LogP contribution in [0.25, 0.3) is 0 Å². The minimum Gasteiger partial charge on any atom is -0.508 e. The van der Waals surface area contributed by atoms with Crippen molar-refractivity contribution in [2.45, 2.75) is 68.6 Å². The quantitative estimate of drug-likeness (QED) is 0.687. The molecule has 0 saturated heterocycles. The molecule has 2 aromatic rings. The number of phenolic OH excluding ortho intramolecular Hbond substituents is 1. The van der Waals surface area contributed by atoms with Gasteiger partial charge in [0.15, 0.2) is 0 Å². The Morgan fingerprint density at radius 3 is 2.52 bits per heavy atom. The molecule has 2 nitrogen and oxygen atoms in total. The van der Waals surface area contributed by atoms with Crippen molar-refractivity contribution < 1.29 is 23.4 Å². The molecule has 1 saturated carbocycles. The van der Waals surface area contributed by atoms with E-state index in [0.29, 0.717) is 19.3 Å². The summed E-state index contributed by atoms with van der Waals surface area (Å²) in [5.41, 5.74) is 2.03. The number of benzene rings is 2. The van der Waals surface area contributed by atoms with Gasteiger partial charge in [-0.25, -0.2) is 0 Å². The van der Waals surface area contributed by atoms with Gasteiger partial charge in [0.25, 0.3) is 0 Å². The summed E-state index contributed by atoms with van der Waals surface area (Å²) in [6.07, 6.45) is -1.60. The summed E-state index contributed by atoms with van der Waals surface area (Å²) in [6.45, 7) is 0. The van der Waals surface area contributed by atoms with Crippen LogP contribution in [-0.4, -0.2) is 22.0 Å². The van der Waals surface area contributed by atoms with Gasteiger partial charge in [-0.05, 0) is 79.7 Å². The number of hydrogen-bond acceptors (Lipinski definition) is 2. The van der Waals surface area contributed by atoms with Crippen LogP contribution < -0.4 is 0 Å². The molecular formula is C24H27F3O2. The molecule has 0 spiro atoms. The van der Waals surface area contributed by atoms with Crippen LogP contribution in [0.2, 0.25) is 0 Å². The second-order valence-electron chi connectivity index (χ2n) is 8.94. The first-order chi connectivity index (χ1) is 13.7. The molecule has 2 aromatic carbocycles. The monoisotopic (exact) mass is 404 g/mol. The first kappa shape index (κ1) is 20.3. The fourth-order valence-electron chi connectivity index (χ4n) is 5.64. The summed E-state index contributed by atoms with van der Waals surface area (Å²) in [7, 11) is 0. The number of fused-ring (bicyclic) bond motifs is 3. The van der Waals surface area contributed by atoms with E-state index < -0.39 is 18.2 Å². The third-order valence-corrected chi connectivity index (χ3v) is 7.07. The Balaban J connectivity index is 1.68. The SMILES string of the molecule is Oc1ccc2c(c1)CCC1C[C@@](O)(CCC(F)(F)F)CC[C@@]21Cc1ccccc1. The van der Waals surface area contributed by atoms with Crippen molar-refractivity contribution in [3.8, 4) is 5.75 Å². The predicted octanol–water partition coefficient (Wildman–Crippen LogP) is 5.69. The second-order valence-corrected chi connectivity index (χ2v) is 8.94. The van der Waals surface area contributed by atoms with Crippen LogP contribution >= 0.6 is 0 Å². The highest BCUT2D eigenvalue weighted by atomic mass is 19.4. The van der Waals surface area contributed by atoms with E-state index in [2.05, 4.69) is 12.1 Å². The summed E-state index contributed by atoms with van der Waals surface area (Å²) in [6, 6.07) is 15.7. The van der Waals surface area contributed by atoms with Gasteiger partial charge in [-0.2, -0.15) is 13.2 Å². The Bertz CT molecular complexity index is 864. The third-order valence-electron chi connectivity index (χ3n) is 7.07. The van der Waals surface area contributed by atoms with Gasteiger partial charge in [0, 0.05) is 11.8 Å². The Morgan fingerprint density at radius 1 is 1.03 bits per heavy atom. The fourth-order valence-corrected chi connectivity index (χ4v) is 5.64. The van der Waals surface area contributed by atoms with Gasteiger partial charge in [0.1, 0.15) is 5.75 Å². The molecule has 2 N–H and O–H groups in total. The van der Waals surface area contributed by atoms with Crippen molar-refractivity contribution in [1.82, 2.24) is 0 Å². The number of aryl methyl sites for hydroxylation is 1. The molecule has 2 aliphatic carbocycles. The molecule has 0 aliphatic heterocycles. The molecule has 1 fully saturated rings. The van der Waals surface area contributed by atoms with E-state index in [1.54, 1.807) is 6.07 Å². The zero-order valence-electron chi connectivity index (χ0n) is 16.4. The number of alkyl halides is 3. The highest BCUT2D eigenvalue weighted by molar-refractivity contribution is 5.44. The maximum atomic E-state index is 12.8. The summed E-state index contributed by atoms with van der Waals surface area (Å²) in [4.78, 5) is 0. The number of aliphatic hydroxyl groups is 1. The van der Waals surface area contributed by atoms with Crippen molar-refractivity contribution in [3.63, 3.8) is 0 Å². The molecule has 29 heavy (non-hydrogen) atoms. The number of rotatable bonds is 4. The van der Waals surface area contributed by atoms with E-state index in [4.69, 9.17) is 0 Å². The Morgan fingerprint density at radius 2 is 1.79 bits per heavy atom. The van der Waals surface area contributed by atoms with Gasteiger partial charge in [-0.15, -0.1) is 0 Å². The van der Waals surface area contributed by atoms with E-state index in [9.17, 15) is 23.4 Å². The largest absolute Gasteiger partial charge is 0.508 e. The molecule has 0 heterocycles. The van der Waals surface area contributed by atoms with E-state index in [1.165, 1.54) is 11.1 Å². The van der Waals surface area contributed by atoms with Gasteiger partial charge in [0.05, 0.1) is 5.60 Å². The Hall–Kier alpha value is -2.01. The van der Waals surface area contributed by atoms with Crippen LogP contribution in [0, 0.1) is 5.92 Å². The highest BCUT2D eigenvalue weighted by Crippen LogP contribution is 2.55. The molecule has 0 amide bonds. The smallest absolute Gasteiger partial charge is 0.389 e. The maximum Gasteiger partial charge on any atom is 0.389 e. The zero-order valence-corrected chi connectivity index (χ0v) is 16.4. The molecule has 4 rings (SSSR count). The van der Waals surface area contributed by atoms with Crippen LogP contribution in [-0.2, 0) is 18.3 Å². The first-order valence-electron chi connectivity index (χ1n) is 10.3. The van der Waals surface area contributed by atoms with Crippen LogP contribution in [0.3, 0.4) is 0 Å². The molecule has 1 unspecified atom stereocenters. The topological polar surface area (TPSA) is 40.5 Å². The summed E-state index contributed by atoms with van der Waals surface area (Å²) in [5, 5.41) is 20.9. The van der Waals surface area contributed by atoms with Crippen LogP contribution in [0.4, 0.5) is 13.2 Å². The predicted molar refractivity (Wildman–Crippen MR) is 106 cm³/mol. The molecule has 156 valence electrons.